The lowest BCUT2D eigenvalue weighted by atomic mass is 10.1. The third-order valence-corrected chi connectivity index (χ3v) is 6.05. The van der Waals surface area contributed by atoms with E-state index in [0.29, 0.717) is 11.3 Å². The molecule has 1 aliphatic rings. The number of anilines is 1. The number of carbonyl (C=O) groups is 3. The molecule has 0 fully saturated rings. The topological polar surface area (TPSA) is 78.5 Å². The number of nitrogens with zero attached hydrogens (tertiary/aromatic N) is 1. The monoisotopic (exact) mass is 473 g/mol. The van der Waals surface area contributed by atoms with Gasteiger partial charge in [0.2, 0.25) is 0 Å². The van der Waals surface area contributed by atoms with Crippen LogP contribution in [0.4, 0.5) is 5.69 Å². The number of nitrogens with one attached hydrogen (secondary N) is 2. The molecule has 0 spiro atoms. The molecule has 1 aliphatic heterocycles. The van der Waals surface area contributed by atoms with Gasteiger partial charge in [-0.2, -0.15) is 0 Å². The molecule has 0 saturated heterocycles. The van der Waals surface area contributed by atoms with Crippen LogP contribution in [0.5, 0.6) is 0 Å². The number of aryl methyl sites for hydroxylation is 1. The first-order valence-electron chi connectivity index (χ1n) is 10.9. The zero-order chi connectivity index (χ0) is 24.2. The van der Waals surface area contributed by atoms with E-state index >= 15 is 0 Å². The number of amides is 3. The standard InChI is InChI=1S/C27H24ClN3O3/c1-17-13-14-21(25(32)29-18(2)20-11-7-4-8-12-20)15-22(17)30-24-23(28)26(33)31(27(24)34)16-19-9-5-3-6-10-19/h3-15,18,30H,16H2,1-2H3,(H,29,32)/t18-/m0/s1. The highest BCUT2D eigenvalue weighted by Crippen LogP contribution is 2.29. The summed E-state index contributed by atoms with van der Waals surface area (Å²) in [5, 5.41) is 5.80. The lowest BCUT2D eigenvalue weighted by Gasteiger charge is -2.17. The van der Waals surface area contributed by atoms with Gasteiger partial charge in [-0.1, -0.05) is 78.3 Å². The summed E-state index contributed by atoms with van der Waals surface area (Å²) in [7, 11) is 0. The lowest BCUT2D eigenvalue weighted by molar-refractivity contribution is -0.138. The Kier molecular flexibility index (Phi) is 6.80. The Labute approximate surface area is 203 Å². The minimum atomic E-state index is -0.554. The van der Waals surface area contributed by atoms with Crippen molar-refractivity contribution in [3.05, 3.63) is 112 Å². The largest absolute Gasteiger partial charge is 0.349 e. The number of rotatable bonds is 7. The van der Waals surface area contributed by atoms with Crippen molar-refractivity contribution in [1.82, 2.24) is 10.2 Å². The molecule has 34 heavy (non-hydrogen) atoms. The van der Waals surface area contributed by atoms with Crippen molar-refractivity contribution in [1.29, 1.82) is 0 Å². The fourth-order valence-corrected chi connectivity index (χ4v) is 3.93. The molecule has 3 amide bonds. The first-order valence-corrected chi connectivity index (χ1v) is 11.3. The number of benzene rings is 3. The summed E-state index contributed by atoms with van der Waals surface area (Å²) >= 11 is 6.25. The van der Waals surface area contributed by atoms with Crippen molar-refractivity contribution < 1.29 is 14.4 Å². The highest BCUT2D eigenvalue weighted by Gasteiger charge is 2.38. The second-order valence-electron chi connectivity index (χ2n) is 8.13. The second-order valence-corrected chi connectivity index (χ2v) is 8.51. The van der Waals surface area contributed by atoms with Gasteiger partial charge in [0, 0.05) is 11.3 Å². The fraction of sp³-hybridized carbons (Fsp3) is 0.148. The number of hydrogen-bond acceptors (Lipinski definition) is 4. The average Bonchev–Trinajstić information content (AvgIpc) is 3.04. The second kappa shape index (κ2) is 9.93. The van der Waals surface area contributed by atoms with Gasteiger partial charge in [0.05, 0.1) is 12.6 Å². The van der Waals surface area contributed by atoms with Crippen LogP contribution in [0, 0.1) is 6.92 Å². The molecular weight excluding hydrogens is 450 g/mol. The van der Waals surface area contributed by atoms with Gasteiger partial charge in [-0.15, -0.1) is 0 Å². The van der Waals surface area contributed by atoms with E-state index in [4.69, 9.17) is 11.6 Å². The molecule has 0 radical (unpaired) electrons. The van der Waals surface area contributed by atoms with Crippen LogP contribution < -0.4 is 10.6 Å². The van der Waals surface area contributed by atoms with Crippen molar-refractivity contribution in [2.45, 2.75) is 26.4 Å². The van der Waals surface area contributed by atoms with Gasteiger partial charge in [0.25, 0.3) is 17.7 Å². The Hall–Kier alpha value is -3.90. The summed E-state index contributed by atoms with van der Waals surface area (Å²) in [4.78, 5) is 39.6. The van der Waals surface area contributed by atoms with E-state index in [1.807, 2.05) is 74.5 Å². The van der Waals surface area contributed by atoms with Crippen LogP contribution in [-0.2, 0) is 16.1 Å². The predicted octanol–water partition coefficient (Wildman–Crippen LogP) is 4.92. The Bertz CT molecular complexity index is 1270. The molecule has 7 heteroatoms. The third-order valence-electron chi connectivity index (χ3n) is 5.70. The maximum absolute atomic E-state index is 13.0. The average molecular weight is 474 g/mol. The Morgan fingerprint density at radius 3 is 2.26 bits per heavy atom. The van der Waals surface area contributed by atoms with Crippen molar-refractivity contribution >= 4 is 35.0 Å². The van der Waals surface area contributed by atoms with Crippen LogP contribution in [0.3, 0.4) is 0 Å². The third kappa shape index (κ3) is 4.87. The summed E-state index contributed by atoms with van der Waals surface area (Å²) in [5.41, 5.74) is 3.55. The van der Waals surface area contributed by atoms with Crippen LogP contribution in [0.2, 0.25) is 0 Å². The highest BCUT2D eigenvalue weighted by molar-refractivity contribution is 6.48. The highest BCUT2D eigenvalue weighted by atomic mass is 35.5. The van der Waals surface area contributed by atoms with Gasteiger partial charge in [-0.3, -0.25) is 19.3 Å². The van der Waals surface area contributed by atoms with Gasteiger partial charge in [-0.25, -0.2) is 0 Å². The number of carbonyl (C=O) groups excluding carboxylic acids is 3. The smallest absolute Gasteiger partial charge is 0.279 e. The molecule has 1 atom stereocenters. The van der Waals surface area contributed by atoms with Gasteiger partial charge in [0.1, 0.15) is 10.7 Å². The molecule has 1 heterocycles. The summed E-state index contributed by atoms with van der Waals surface area (Å²) < 4.78 is 0. The fourth-order valence-electron chi connectivity index (χ4n) is 3.70. The van der Waals surface area contributed by atoms with Crippen LogP contribution in [0.15, 0.2) is 89.6 Å². The zero-order valence-electron chi connectivity index (χ0n) is 18.8. The van der Waals surface area contributed by atoms with Crippen molar-refractivity contribution in [2.24, 2.45) is 0 Å². The zero-order valence-corrected chi connectivity index (χ0v) is 19.6. The molecule has 2 N–H and O–H groups in total. The van der Waals surface area contributed by atoms with Crippen molar-refractivity contribution in [3.8, 4) is 0 Å². The van der Waals surface area contributed by atoms with Gasteiger partial charge in [0.15, 0.2) is 0 Å². The first-order chi connectivity index (χ1) is 16.3. The van der Waals surface area contributed by atoms with Gasteiger partial charge < -0.3 is 10.6 Å². The minimum Gasteiger partial charge on any atom is -0.349 e. The molecule has 0 saturated carbocycles. The quantitative estimate of drug-likeness (QED) is 0.477. The van der Waals surface area contributed by atoms with E-state index in [1.165, 1.54) is 0 Å². The van der Waals surface area contributed by atoms with Crippen LogP contribution >= 0.6 is 11.6 Å². The molecular formula is C27H24ClN3O3. The lowest BCUT2D eigenvalue weighted by Crippen LogP contribution is -2.31. The van der Waals surface area contributed by atoms with Crippen molar-refractivity contribution in [2.75, 3.05) is 5.32 Å². The molecule has 3 aromatic carbocycles. The normalized spacial score (nSPS) is 14.4. The van der Waals surface area contributed by atoms with E-state index in [1.54, 1.807) is 18.2 Å². The maximum atomic E-state index is 13.0. The first kappa shape index (κ1) is 23.3. The molecule has 6 nitrogen and oxygen atoms in total. The molecule has 172 valence electrons. The molecule has 0 unspecified atom stereocenters. The van der Waals surface area contributed by atoms with E-state index < -0.39 is 11.8 Å². The molecule has 4 rings (SSSR count). The molecule has 0 aliphatic carbocycles. The van der Waals surface area contributed by atoms with Crippen LogP contribution in [0.1, 0.15) is 40.0 Å². The summed E-state index contributed by atoms with van der Waals surface area (Å²) in [5.74, 6) is -1.31. The van der Waals surface area contributed by atoms with Crippen molar-refractivity contribution in [3.63, 3.8) is 0 Å². The Morgan fingerprint density at radius 2 is 1.59 bits per heavy atom. The molecule has 0 bridgehead atoms. The van der Waals surface area contributed by atoms with E-state index in [0.717, 1.165) is 21.6 Å². The summed E-state index contributed by atoms with van der Waals surface area (Å²) in [6, 6.07) is 23.8. The van der Waals surface area contributed by atoms with Gasteiger partial charge >= 0.3 is 0 Å². The number of imide groups is 1. The number of hydrogen-bond donors (Lipinski definition) is 2. The predicted molar refractivity (Wildman–Crippen MR) is 132 cm³/mol. The molecule has 3 aromatic rings. The minimum absolute atomic E-state index is 0.000842. The summed E-state index contributed by atoms with van der Waals surface area (Å²) in [6.07, 6.45) is 0. The van der Waals surface area contributed by atoms with E-state index in [2.05, 4.69) is 10.6 Å². The Balaban J connectivity index is 1.51. The Morgan fingerprint density at radius 1 is 0.941 bits per heavy atom. The molecule has 0 aromatic heterocycles. The van der Waals surface area contributed by atoms with Crippen LogP contribution in [-0.4, -0.2) is 22.6 Å². The van der Waals surface area contributed by atoms with Gasteiger partial charge in [-0.05, 0) is 42.7 Å². The number of halogens is 1. The maximum Gasteiger partial charge on any atom is 0.279 e. The SMILES string of the molecule is Cc1ccc(C(=O)N[C@@H](C)c2ccccc2)cc1NC1=C(Cl)C(=O)N(Cc2ccccc2)C1=O. The van der Waals surface area contributed by atoms with E-state index in [9.17, 15) is 14.4 Å². The van der Waals surface area contributed by atoms with E-state index in [-0.39, 0.29) is 29.2 Å². The summed E-state index contributed by atoms with van der Waals surface area (Å²) in [6.45, 7) is 3.88. The van der Waals surface area contributed by atoms with Crippen LogP contribution in [0.25, 0.3) is 0 Å².